The van der Waals surface area contributed by atoms with Gasteiger partial charge in [-0.1, -0.05) is 12.1 Å². The number of benzene rings is 1. The Morgan fingerprint density at radius 3 is 1.94 bits per heavy atom. The number of carbonyl (C=O) groups is 1. The van der Waals surface area contributed by atoms with E-state index in [1.807, 2.05) is 6.92 Å². The molecule has 0 bridgehead atoms. The second-order valence-corrected chi connectivity index (χ2v) is 4.88. The molecule has 1 aromatic carbocycles. The molecule has 0 aliphatic rings. The second kappa shape index (κ2) is 6.98. The Morgan fingerprint density at radius 1 is 1.06 bits per heavy atom. The van der Waals surface area contributed by atoms with Gasteiger partial charge in [0.15, 0.2) is 5.52 Å². The SMILES string of the molecule is Cc1ccc(C(=O)P(=O)([O-])[O-])c(C)c1C.[Li+].[Li+]. The molecule has 0 unspecified atom stereocenters. The van der Waals surface area contributed by atoms with Crippen molar-refractivity contribution in [2.75, 3.05) is 0 Å². The first kappa shape index (κ1) is 19.6. The van der Waals surface area contributed by atoms with Crippen molar-refractivity contribution >= 4 is 13.1 Å². The van der Waals surface area contributed by atoms with E-state index in [9.17, 15) is 19.1 Å². The van der Waals surface area contributed by atoms with Crippen LogP contribution in [0.4, 0.5) is 0 Å². The van der Waals surface area contributed by atoms with Crippen molar-refractivity contribution < 1.29 is 56.9 Å². The molecule has 0 aliphatic heterocycles. The molecule has 0 radical (unpaired) electrons. The van der Waals surface area contributed by atoms with Crippen LogP contribution in [0.15, 0.2) is 12.1 Å². The van der Waals surface area contributed by atoms with Gasteiger partial charge in [-0.3, -0.25) is 4.79 Å². The first-order chi connectivity index (χ1) is 6.75. The third-order valence-corrected chi connectivity index (χ3v) is 3.28. The van der Waals surface area contributed by atoms with Gasteiger partial charge in [0.05, 0.1) is 0 Å². The topological polar surface area (TPSA) is 80.3 Å². The summed E-state index contributed by atoms with van der Waals surface area (Å²) in [5, 5.41) is 0. The minimum atomic E-state index is -5.18. The van der Waals surface area contributed by atoms with E-state index in [4.69, 9.17) is 0 Å². The summed E-state index contributed by atoms with van der Waals surface area (Å²) in [5.74, 6) is 0. The van der Waals surface area contributed by atoms with Gasteiger partial charge in [-0.05, 0) is 37.5 Å². The van der Waals surface area contributed by atoms with Crippen LogP contribution >= 0.6 is 7.60 Å². The molecule has 0 heterocycles. The van der Waals surface area contributed by atoms with E-state index in [1.165, 1.54) is 6.07 Å². The van der Waals surface area contributed by atoms with Crippen LogP contribution in [0, 0.1) is 20.8 Å². The van der Waals surface area contributed by atoms with Crippen LogP contribution in [0.5, 0.6) is 0 Å². The molecule has 17 heavy (non-hydrogen) atoms. The van der Waals surface area contributed by atoms with Crippen LogP contribution in [-0.2, 0) is 4.57 Å². The molecule has 1 rings (SSSR count). The Bertz CT molecular complexity index is 468. The van der Waals surface area contributed by atoms with Gasteiger partial charge in [0.1, 0.15) is 0 Å². The number of carbonyl (C=O) groups excluding carboxylic acids is 1. The molecule has 0 spiro atoms. The van der Waals surface area contributed by atoms with Crippen molar-refractivity contribution in [2.24, 2.45) is 0 Å². The third kappa shape index (κ3) is 4.44. The van der Waals surface area contributed by atoms with Crippen molar-refractivity contribution in [3.63, 3.8) is 0 Å². The molecular formula is C10H11Li2O4P. The van der Waals surface area contributed by atoms with Gasteiger partial charge in [-0.25, -0.2) is 0 Å². The molecule has 0 fully saturated rings. The minimum absolute atomic E-state index is 0. The third-order valence-electron chi connectivity index (χ3n) is 2.54. The molecule has 0 saturated heterocycles. The first-order valence-corrected chi connectivity index (χ1v) is 5.93. The molecule has 0 amide bonds. The zero-order valence-electron chi connectivity index (χ0n) is 10.7. The van der Waals surface area contributed by atoms with E-state index >= 15 is 0 Å². The van der Waals surface area contributed by atoms with Crippen molar-refractivity contribution in [3.8, 4) is 0 Å². The first-order valence-electron chi connectivity index (χ1n) is 4.39. The van der Waals surface area contributed by atoms with Gasteiger partial charge < -0.3 is 14.4 Å². The maximum absolute atomic E-state index is 11.3. The minimum Gasteiger partial charge on any atom is -0.805 e. The largest absolute Gasteiger partial charge is 1.00 e. The Labute approximate surface area is 125 Å². The molecule has 0 aliphatic carbocycles. The van der Waals surface area contributed by atoms with Gasteiger partial charge in [0, 0.05) is 13.2 Å². The average molecular weight is 240 g/mol. The number of hydrogen-bond donors (Lipinski definition) is 0. The zero-order valence-corrected chi connectivity index (χ0v) is 11.6. The van der Waals surface area contributed by atoms with Crippen LogP contribution in [0.2, 0.25) is 0 Å². The van der Waals surface area contributed by atoms with E-state index in [1.54, 1.807) is 19.9 Å². The van der Waals surface area contributed by atoms with E-state index < -0.39 is 13.1 Å². The maximum atomic E-state index is 11.3. The van der Waals surface area contributed by atoms with Crippen LogP contribution in [0.1, 0.15) is 27.0 Å². The average Bonchev–Trinajstić information content (AvgIpc) is 2.12. The zero-order chi connectivity index (χ0) is 11.8. The monoisotopic (exact) mass is 240 g/mol. The van der Waals surface area contributed by atoms with Crippen molar-refractivity contribution in [3.05, 3.63) is 34.4 Å². The van der Waals surface area contributed by atoms with Crippen molar-refractivity contribution in [1.82, 2.24) is 0 Å². The van der Waals surface area contributed by atoms with Crippen LogP contribution in [0.3, 0.4) is 0 Å². The van der Waals surface area contributed by atoms with Gasteiger partial charge in [-0.15, -0.1) is 0 Å². The summed E-state index contributed by atoms with van der Waals surface area (Å²) in [4.78, 5) is 32.5. The molecular weight excluding hydrogens is 229 g/mol. The van der Waals surface area contributed by atoms with Crippen molar-refractivity contribution in [1.29, 1.82) is 0 Å². The molecule has 0 atom stereocenters. The van der Waals surface area contributed by atoms with Crippen LogP contribution in [-0.4, -0.2) is 5.52 Å². The smallest absolute Gasteiger partial charge is 0.805 e. The fourth-order valence-corrected chi connectivity index (χ4v) is 1.87. The Balaban J connectivity index is 0. The summed E-state index contributed by atoms with van der Waals surface area (Å²) in [6.45, 7) is 5.26. The molecule has 0 saturated carbocycles. The number of hydrogen-bond acceptors (Lipinski definition) is 4. The summed E-state index contributed by atoms with van der Waals surface area (Å²) >= 11 is 0. The Kier molecular flexibility index (Phi) is 8.04. The molecule has 82 valence electrons. The molecule has 0 aromatic heterocycles. The van der Waals surface area contributed by atoms with Gasteiger partial charge in [0.25, 0.3) is 0 Å². The summed E-state index contributed by atoms with van der Waals surface area (Å²) in [6.07, 6.45) is 0. The normalized spacial score (nSPS) is 10.2. The van der Waals surface area contributed by atoms with E-state index in [0.29, 0.717) is 5.56 Å². The molecule has 7 heteroatoms. The Hall–Kier alpha value is 0.235. The number of rotatable bonds is 2. The van der Waals surface area contributed by atoms with Crippen molar-refractivity contribution in [2.45, 2.75) is 20.8 Å². The van der Waals surface area contributed by atoms with E-state index in [2.05, 4.69) is 0 Å². The van der Waals surface area contributed by atoms with Gasteiger partial charge >= 0.3 is 37.7 Å². The summed E-state index contributed by atoms with van der Waals surface area (Å²) in [5.41, 5.74) is 0.978. The van der Waals surface area contributed by atoms with E-state index in [-0.39, 0.29) is 43.3 Å². The predicted molar refractivity (Wildman–Crippen MR) is 52.6 cm³/mol. The number of aryl methyl sites for hydroxylation is 1. The van der Waals surface area contributed by atoms with Gasteiger partial charge in [-0.2, -0.15) is 0 Å². The summed E-state index contributed by atoms with van der Waals surface area (Å²) in [6, 6.07) is 3.01. The van der Waals surface area contributed by atoms with Crippen LogP contribution < -0.4 is 47.5 Å². The fourth-order valence-electron chi connectivity index (χ4n) is 1.34. The molecule has 1 aromatic rings. The quantitative estimate of drug-likeness (QED) is 0.382. The molecule has 0 N–H and O–H groups in total. The Morgan fingerprint density at radius 2 is 1.53 bits per heavy atom. The molecule has 4 nitrogen and oxygen atoms in total. The fraction of sp³-hybridized carbons (Fsp3) is 0.300. The standard InChI is InChI=1S/C10H13O4P.2Li/c1-6-4-5-9(8(3)7(6)2)10(11)15(12,13)14;;/h4-5H,1-3H3,(H2,12,13,14);;/q;2*+1/p-2. The van der Waals surface area contributed by atoms with Gasteiger partial charge in [0.2, 0.25) is 0 Å². The summed E-state index contributed by atoms with van der Waals surface area (Å²) in [7, 11) is -5.18. The maximum Gasteiger partial charge on any atom is 1.00 e. The predicted octanol–water partition coefficient (Wildman–Crippen LogP) is -5.33. The summed E-state index contributed by atoms with van der Waals surface area (Å²) < 4.78 is 10.6. The van der Waals surface area contributed by atoms with E-state index in [0.717, 1.165) is 11.1 Å². The van der Waals surface area contributed by atoms with Crippen LogP contribution in [0.25, 0.3) is 0 Å². The second-order valence-electron chi connectivity index (χ2n) is 3.48.